The lowest BCUT2D eigenvalue weighted by Gasteiger charge is -2.34. The SMILES string of the molecule is O=C(NC1CCCN(c2ccccn2)C1)c1cccc(-n2cnnc2)c1. The van der Waals surface area contributed by atoms with Crippen LogP contribution in [0.1, 0.15) is 23.2 Å². The highest BCUT2D eigenvalue weighted by atomic mass is 16.1. The van der Waals surface area contributed by atoms with Gasteiger partial charge in [-0.25, -0.2) is 4.98 Å². The van der Waals surface area contributed by atoms with Crippen molar-refractivity contribution in [2.24, 2.45) is 0 Å². The highest BCUT2D eigenvalue weighted by molar-refractivity contribution is 5.95. The Labute approximate surface area is 151 Å². The van der Waals surface area contributed by atoms with Crippen molar-refractivity contribution in [2.75, 3.05) is 18.0 Å². The van der Waals surface area contributed by atoms with Crippen LogP contribution in [0.5, 0.6) is 0 Å². The number of rotatable bonds is 4. The smallest absolute Gasteiger partial charge is 0.251 e. The molecular weight excluding hydrogens is 328 g/mol. The second-order valence-electron chi connectivity index (χ2n) is 6.37. The van der Waals surface area contributed by atoms with Crippen molar-refractivity contribution in [1.29, 1.82) is 0 Å². The van der Waals surface area contributed by atoms with Crippen molar-refractivity contribution in [1.82, 2.24) is 25.1 Å². The number of piperidine rings is 1. The van der Waals surface area contributed by atoms with Crippen molar-refractivity contribution in [3.05, 3.63) is 66.9 Å². The first kappa shape index (κ1) is 16.3. The lowest BCUT2D eigenvalue weighted by Crippen LogP contribution is -2.48. The minimum Gasteiger partial charge on any atom is -0.355 e. The van der Waals surface area contributed by atoms with E-state index in [1.165, 1.54) is 0 Å². The van der Waals surface area contributed by atoms with Crippen molar-refractivity contribution in [3.63, 3.8) is 0 Å². The van der Waals surface area contributed by atoms with Gasteiger partial charge in [-0.2, -0.15) is 0 Å². The van der Waals surface area contributed by atoms with Gasteiger partial charge in [0.15, 0.2) is 0 Å². The number of hydrogen-bond donors (Lipinski definition) is 1. The summed E-state index contributed by atoms with van der Waals surface area (Å²) in [4.78, 5) is 19.3. The third kappa shape index (κ3) is 3.56. The number of aromatic nitrogens is 4. The maximum absolute atomic E-state index is 12.7. The Balaban J connectivity index is 1.44. The second-order valence-corrected chi connectivity index (χ2v) is 6.37. The van der Waals surface area contributed by atoms with Crippen LogP contribution in [-0.4, -0.2) is 44.8 Å². The van der Waals surface area contributed by atoms with Crippen LogP contribution >= 0.6 is 0 Å². The van der Waals surface area contributed by atoms with Gasteiger partial charge in [-0.15, -0.1) is 10.2 Å². The molecule has 4 rings (SSSR count). The van der Waals surface area contributed by atoms with Crippen LogP contribution in [0, 0.1) is 0 Å². The lowest BCUT2D eigenvalue weighted by atomic mass is 10.0. The maximum atomic E-state index is 12.7. The van der Waals surface area contributed by atoms with Gasteiger partial charge in [-0.05, 0) is 43.2 Å². The molecule has 1 fully saturated rings. The van der Waals surface area contributed by atoms with Crippen molar-refractivity contribution in [2.45, 2.75) is 18.9 Å². The molecule has 1 aromatic carbocycles. The zero-order valence-corrected chi connectivity index (χ0v) is 14.3. The average molecular weight is 348 g/mol. The lowest BCUT2D eigenvalue weighted by molar-refractivity contribution is 0.0933. The summed E-state index contributed by atoms with van der Waals surface area (Å²) < 4.78 is 1.78. The Bertz CT molecular complexity index is 865. The minimum atomic E-state index is -0.0622. The Morgan fingerprint density at radius 1 is 1.12 bits per heavy atom. The average Bonchev–Trinajstić information content (AvgIpc) is 3.24. The van der Waals surface area contributed by atoms with E-state index in [2.05, 4.69) is 25.4 Å². The molecule has 0 aliphatic carbocycles. The summed E-state index contributed by atoms with van der Waals surface area (Å²) in [6, 6.07) is 13.5. The van der Waals surface area contributed by atoms with Crippen LogP contribution in [0.25, 0.3) is 5.69 Å². The van der Waals surface area contributed by atoms with Gasteiger partial charge < -0.3 is 10.2 Å². The maximum Gasteiger partial charge on any atom is 0.251 e. The van der Waals surface area contributed by atoms with Crippen LogP contribution in [0.2, 0.25) is 0 Å². The normalized spacial score (nSPS) is 17.1. The van der Waals surface area contributed by atoms with Gasteiger partial charge in [0.2, 0.25) is 0 Å². The molecule has 7 nitrogen and oxygen atoms in total. The summed E-state index contributed by atoms with van der Waals surface area (Å²) in [6.45, 7) is 1.74. The summed E-state index contributed by atoms with van der Waals surface area (Å²) in [5.74, 6) is 0.897. The molecule has 26 heavy (non-hydrogen) atoms. The van der Waals surface area contributed by atoms with Gasteiger partial charge >= 0.3 is 0 Å². The Kier molecular flexibility index (Phi) is 4.59. The molecule has 1 unspecified atom stereocenters. The number of carbonyl (C=O) groups excluding carboxylic acids is 1. The molecule has 7 heteroatoms. The summed E-state index contributed by atoms with van der Waals surface area (Å²) in [6.07, 6.45) is 7.03. The first-order valence-electron chi connectivity index (χ1n) is 8.71. The zero-order valence-electron chi connectivity index (χ0n) is 14.3. The van der Waals surface area contributed by atoms with E-state index >= 15 is 0 Å². The van der Waals surface area contributed by atoms with Gasteiger partial charge in [0.1, 0.15) is 18.5 Å². The number of hydrogen-bond acceptors (Lipinski definition) is 5. The van der Waals surface area contributed by atoms with E-state index in [0.717, 1.165) is 37.4 Å². The Morgan fingerprint density at radius 2 is 2.00 bits per heavy atom. The van der Waals surface area contributed by atoms with Crippen LogP contribution in [0.4, 0.5) is 5.82 Å². The number of amides is 1. The molecule has 2 aromatic heterocycles. The molecule has 1 saturated heterocycles. The van der Waals surface area contributed by atoms with E-state index in [1.807, 2.05) is 42.5 Å². The van der Waals surface area contributed by atoms with Gasteiger partial charge in [-0.3, -0.25) is 9.36 Å². The molecule has 1 N–H and O–H groups in total. The number of nitrogens with one attached hydrogen (secondary N) is 1. The molecule has 1 atom stereocenters. The summed E-state index contributed by atoms with van der Waals surface area (Å²) in [5, 5.41) is 10.8. The van der Waals surface area contributed by atoms with E-state index < -0.39 is 0 Å². The molecule has 0 radical (unpaired) electrons. The van der Waals surface area contributed by atoms with Gasteiger partial charge in [-0.1, -0.05) is 12.1 Å². The van der Waals surface area contributed by atoms with Crippen molar-refractivity contribution >= 4 is 11.7 Å². The summed E-state index contributed by atoms with van der Waals surface area (Å²) >= 11 is 0. The molecule has 3 heterocycles. The van der Waals surface area contributed by atoms with Gasteiger partial charge in [0.25, 0.3) is 5.91 Å². The fraction of sp³-hybridized carbons (Fsp3) is 0.263. The third-order valence-corrected chi connectivity index (χ3v) is 4.56. The molecule has 1 amide bonds. The predicted molar refractivity (Wildman–Crippen MR) is 98.3 cm³/mol. The topological polar surface area (TPSA) is 75.9 Å². The fourth-order valence-corrected chi connectivity index (χ4v) is 3.25. The molecule has 132 valence electrons. The van der Waals surface area contributed by atoms with Crippen molar-refractivity contribution < 1.29 is 4.79 Å². The second kappa shape index (κ2) is 7.35. The number of carbonyl (C=O) groups is 1. The predicted octanol–water partition coefficient (Wildman–Crippen LogP) is 2.06. The minimum absolute atomic E-state index is 0.0622. The molecule has 1 aliphatic rings. The highest BCUT2D eigenvalue weighted by Gasteiger charge is 2.22. The third-order valence-electron chi connectivity index (χ3n) is 4.56. The number of anilines is 1. The molecule has 0 spiro atoms. The Morgan fingerprint density at radius 3 is 2.81 bits per heavy atom. The standard InChI is InChI=1S/C19H20N6O/c26-19(15-5-3-7-17(11-15)25-13-21-22-14-25)23-16-6-4-10-24(12-16)18-8-1-2-9-20-18/h1-3,5,7-9,11,13-14,16H,4,6,10,12H2,(H,23,26). The molecule has 3 aromatic rings. The van der Waals surface area contributed by atoms with Crippen LogP contribution < -0.4 is 10.2 Å². The number of pyridine rings is 1. The number of nitrogens with zero attached hydrogens (tertiary/aromatic N) is 5. The zero-order chi connectivity index (χ0) is 17.8. The van der Waals surface area contributed by atoms with Gasteiger partial charge in [0.05, 0.1) is 0 Å². The highest BCUT2D eigenvalue weighted by Crippen LogP contribution is 2.18. The summed E-state index contributed by atoms with van der Waals surface area (Å²) in [7, 11) is 0. The molecular formula is C19H20N6O. The van der Waals surface area contributed by atoms with E-state index in [4.69, 9.17) is 0 Å². The molecule has 1 aliphatic heterocycles. The van der Waals surface area contributed by atoms with Crippen LogP contribution in [0.3, 0.4) is 0 Å². The first-order valence-corrected chi connectivity index (χ1v) is 8.71. The van der Waals surface area contributed by atoms with E-state index in [0.29, 0.717) is 5.56 Å². The first-order chi connectivity index (χ1) is 12.8. The Hall–Kier alpha value is -3.22. The van der Waals surface area contributed by atoms with Gasteiger partial charge in [0, 0.05) is 36.6 Å². The molecule has 0 bridgehead atoms. The summed E-state index contributed by atoms with van der Waals surface area (Å²) in [5.41, 5.74) is 1.49. The quantitative estimate of drug-likeness (QED) is 0.781. The van der Waals surface area contributed by atoms with E-state index in [9.17, 15) is 4.79 Å². The molecule has 0 saturated carbocycles. The fourth-order valence-electron chi connectivity index (χ4n) is 3.25. The van der Waals surface area contributed by atoms with E-state index in [-0.39, 0.29) is 11.9 Å². The van der Waals surface area contributed by atoms with Crippen LogP contribution in [-0.2, 0) is 0 Å². The largest absolute Gasteiger partial charge is 0.355 e. The van der Waals surface area contributed by atoms with E-state index in [1.54, 1.807) is 23.4 Å². The van der Waals surface area contributed by atoms with Crippen LogP contribution in [0.15, 0.2) is 61.3 Å². The number of benzene rings is 1. The van der Waals surface area contributed by atoms with Crippen molar-refractivity contribution in [3.8, 4) is 5.69 Å². The monoisotopic (exact) mass is 348 g/mol.